The molecule has 2 aromatic carbocycles. The molecule has 0 saturated heterocycles. The Bertz CT molecular complexity index is 1320. The number of amides is 1. The Kier molecular flexibility index (Phi) is 7.29. The standard InChI is InChI=1S/C21H23ClN4O4S2/c1-12(2)11-26-20(28)17-10-14(22)4-9-18(17)25-21(26)31-13(3)19(27)24-15-5-7-16(8-6-15)32(23,29)30/h4-10,12-13H,11H2,1-3H3,(H,24,27)(H2,23,29,30). The molecule has 0 aliphatic rings. The number of thioether (sulfide) groups is 1. The highest BCUT2D eigenvalue weighted by atomic mass is 35.5. The number of carbonyl (C=O) groups is 1. The van der Waals surface area contributed by atoms with Gasteiger partial charge in [0.25, 0.3) is 5.56 Å². The first-order valence-corrected chi connectivity index (χ1v) is 12.6. The molecule has 1 heterocycles. The summed E-state index contributed by atoms with van der Waals surface area (Å²) in [6.45, 7) is 6.13. The molecule has 11 heteroatoms. The highest BCUT2D eigenvalue weighted by Crippen LogP contribution is 2.25. The molecule has 0 radical (unpaired) electrons. The van der Waals surface area contributed by atoms with Gasteiger partial charge in [0.2, 0.25) is 15.9 Å². The van der Waals surface area contributed by atoms with E-state index < -0.39 is 15.3 Å². The number of hydrogen-bond donors (Lipinski definition) is 2. The number of anilines is 1. The molecule has 3 aromatic rings. The van der Waals surface area contributed by atoms with Crippen LogP contribution in [0.3, 0.4) is 0 Å². The summed E-state index contributed by atoms with van der Waals surface area (Å²) < 4.78 is 24.3. The summed E-state index contributed by atoms with van der Waals surface area (Å²) >= 11 is 7.22. The molecule has 0 aliphatic heterocycles. The first-order chi connectivity index (χ1) is 15.0. The van der Waals surface area contributed by atoms with Gasteiger partial charge < -0.3 is 5.32 Å². The number of nitrogens with two attached hydrogens (primary N) is 1. The summed E-state index contributed by atoms with van der Waals surface area (Å²) in [5.41, 5.74) is 0.725. The predicted molar refractivity (Wildman–Crippen MR) is 128 cm³/mol. The molecule has 0 fully saturated rings. The monoisotopic (exact) mass is 494 g/mol. The molecule has 3 N–H and O–H groups in total. The van der Waals surface area contributed by atoms with Crippen LogP contribution in [0.5, 0.6) is 0 Å². The number of fused-ring (bicyclic) bond motifs is 1. The molecule has 1 aromatic heterocycles. The van der Waals surface area contributed by atoms with Crippen molar-refractivity contribution in [2.75, 3.05) is 5.32 Å². The molecular formula is C21H23ClN4O4S2. The fourth-order valence-electron chi connectivity index (χ4n) is 2.97. The Balaban J connectivity index is 1.86. The van der Waals surface area contributed by atoms with Crippen LogP contribution in [0.1, 0.15) is 20.8 Å². The average molecular weight is 495 g/mol. The number of benzene rings is 2. The summed E-state index contributed by atoms with van der Waals surface area (Å²) in [7, 11) is -3.81. The highest BCUT2D eigenvalue weighted by molar-refractivity contribution is 8.00. The fraction of sp³-hybridized carbons (Fsp3) is 0.286. The van der Waals surface area contributed by atoms with E-state index in [2.05, 4.69) is 10.3 Å². The smallest absolute Gasteiger partial charge is 0.262 e. The van der Waals surface area contributed by atoms with E-state index in [4.69, 9.17) is 16.7 Å². The van der Waals surface area contributed by atoms with Crippen LogP contribution in [0.4, 0.5) is 5.69 Å². The van der Waals surface area contributed by atoms with Crippen LogP contribution in [0, 0.1) is 5.92 Å². The van der Waals surface area contributed by atoms with Crippen molar-refractivity contribution >= 4 is 55.9 Å². The van der Waals surface area contributed by atoms with Crippen molar-refractivity contribution in [3.63, 3.8) is 0 Å². The molecule has 1 unspecified atom stereocenters. The van der Waals surface area contributed by atoms with E-state index in [1.165, 1.54) is 36.0 Å². The minimum absolute atomic E-state index is 0.0453. The van der Waals surface area contributed by atoms with Crippen LogP contribution in [-0.4, -0.2) is 29.1 Å². The van der Waals surface area contributed by atoms with Crippen molar-refractivity contribution in [1.82, 2.24) is 9.55 Å². The van der Waals surface area contributed by atoms with Gasteiger partial charge in [0, 0.05) is 17.3 Å². The third-order valence-electron chi connectivity index (χ3n) is 4.53. The van der Waals surface area contributed by atoms with E-state index in [-0.39, 0.29) is 22.3 Å². The zero-order chi connectivity index (χ0) is 23.6. The van der Waals surface area contributed by atoms with Gasteiger partial charge in [0.15, 0.2) is 5.16 Å². The molecule has 1 atom stereocenters. The van der Waals surface area contributed by atoms with Gasteiger partial charge in [0.1, 0.15) is 0 Å². The number of primary sulfonamides is 1. The number of nitrogens with one attached hydrogen (secondary N) is 1. The SMILES string of the molecule is CC(C)Cn1c(SC(C)C(=O)Nc2ccc(S(N)(=O)=O)cc2)nc2ccc(Cl)cc2c1=O. The Hall–Kier alpha value is -2.40. The lowest BCUT2D eigenvalue weighted by Gasteiger charge is -2.17. The van der Waals surface area contributed by atoms with Gasteiger partial charge >= 0.3 is 0 Å². The van der Waals surface area contributed by atoms with Crippen LogP contribution < -0.4 is 16.0 Å². The summed E-state index contributed by atoms with van der Waals surface area (Å²) in [5, 5.41) is 8.56. The molecule has 8 nitrogen and oxygen atoms in total. The number of halogens is 1. The van der Waals surface area contributed by atoms with Gasteiger partial charge in [-0.1, -0.05) is 37.2 Å². The molecule has 170 valence electrons. The van der Waals surface area contributed by atoms with Gasteiger partial charge in [-0.25, -0.2) is 18.5 Å². The van der Waals surface area contributed by atoms with Crippen molar-refractivity contribution in [3.8, 4) is 0 Å². The Labute approximate surface area is 195 Å². The fourth-order valence-corrected chi connectivity index (χ4v) is 4.58. The molecule has 32 heavy (non-hydrogen) atoms. The van der Waals surface area contributed by atoms with E-state index >= 15 is 0 Å². The van der Waals surface area contributed by atoms with Gasteiger partial charge in [-0.05, 0) is 55.3 Å². The molecule has 1 amide bonds. The van der Waals surface area contributed by atoms with Gasteiger partial charge in [-0.2, -0.15) is 0 Å². The summed E-state index contributed by atoms with van der Waals surface area (Å²) in [4.78, 5) is 30.4. The zero-order valence-electron chi connectivity index (χ0n) is 17.7. The number of hydrogen-bond acceptors (Lipinski definition) is 6. The lowest BCUT2D eigenvalue weighted by Crippen LogP contribution is -2.28. The third kappa shape index (κ3) is 5.69. The maximum Gasteiger partial charge on any atom is 0.262 e. The molecule has 0 saturated carbocycles. The average Bonchev–Trinajstić information content (AvgIpc) is 2.71. The van der Waals surface area contributed by atoms with E-state index in [0.29, 0.717) is 33.3 Å². The van der Waals surface area contributed by atoms with Crippen LogP contribution in [0.15, 0.2) is 57.3 Å². The van der Waals surface area contributed by atoms with Crippen LogP contribution >= 0.6 is 23.4 Å². The Morgan fingerprint density at radius 1 is 1.19 bits per heavy atom. The zero-order valence-corrected chi connectivity index (χ0v) is 20.1. The van der Waals surface area contributed by atoms with Crippen LogP contribution in [0.2, 0.25) is 5.02 Å². The van der Waals surface area contributed by atoms with Crippen molar-refractivity contribution in [1.29, 1.82) is 0 Å². The maximum absolute atomic E-state index is 13.1. The number of carbonyl (C=O) groups excluding carboxylic acids is 1. The minimum Gasteiger partial charge on any atom is -0.325 e. The number of aromatic nitrogens is 2. The molecule has 3 rings (SSSR count). The molecular weight excluding hydrogens is 472 g/mol. The second kappa shape index (κ2) is 9.62. The topological polar surface area (TPSA) is 124 Å². The second-order valence-electron chi connectivity index (χ2n) is 7.68. The first kappa shape index (κ1) is 24.2. The van der Waals surface area contributed by atoms with Gasteiger partial charge in [-0.3, -0.25) is 14.2 Å². The van der Waals surface area contributed by atoms with Gasteiger partial charge in [0.05, 0.1) is 21.0 Å². The second-order valence-corrected chi connectivity index (χ2v) is 11.0. The van der Waals surface area contributed by atoms with Crippen molar-refractivity contribution in [2.45, 2.75) is 42.6 Å². The Morgan fingerprint density at radius 2 is 1.84 bits per heavy atom. The van der Waals surface area contributed by atoms with E-state index in [1.807, 2.05) is 13.8 Å². The summed E-state index contributed by atoms with van der Waals surface area (Å²) in [5.74, 6) is -0.133. The van der Waals surface area contributed by atoms with E-state index in [9.17, 15) is 18.0 Å². The number of sulfonamides is 1. The minimum atomic E-state index is -3.81. The summed E-state index contributed by atoms with van der Waals surface area (Å²) in [6, 6.07) is 10.5. The quantitative estimate of drug-likeness (QED) is 0.382. The lowest BCUT2D eigenvalue weighted by atomic mass is 10.2. The number of rotatable bonds is 7. The van der Waals surface area contributed by atoms with Gasteiger partial charge in [-0.15, -0.1) is 0 Å². The highest BCUT2D eigenvalue weighted by Gasteiger charge is 2.20. The maximum atomic E-state index is 13.1. The predicted octanol–water partition coefficient (Wildman–Crippen LogP) is 3.47. The van der Waals surface area contributed by atoms with E-state index in [1.54, 1.807) is 29.7 Å². The van der Waals surface area contributed by atoms with Crippen molar-refractivity contribution in [2.24, 2.45) is 11.1 Å². The summed E-state index contributed by atoms with van der Waals surface area (Å²) in [6.07, 6.45) is 0. The van der Waals surface area contributed by atoms with Crippen molar-refractivity contribution < 1.29 is 13.2 Å². The largest absolute Gasteiger partial charge is 0.325 e. The third-order valence-corrected chi connectivity index (χ3v) is 6.79. The Morgan fingerprint density at radius 3 is 2.44 bits per heavy atom. The molecule has 0 aliphatic carbocycles. The van der Waals surface area contributed by atoms with Crippen LogP contribution in [0.25, 0.3) is 10.9 Å². The first-order valence-electron chi connectivity index (χ1n) is 9.76. The lowest BCUT2D eigenvalue weighted by molar-refractivity contribution is -0.115. The van der Waals surface area contributed by atoms with Crippen LogP contribution in [-0.2, 0) is 21.4 Å². The van der Waals surface area contributed by atoms with Crippen molar-refractivity contribution in [3.05, 3.63) is 57.8 Å². The normalized spacial score (nSPS) is 12.8. The number of nitrogens with zero attached hydrogens (tertiary/aromatic N) is 2. The van der Waals surface area contributed by atoms with E-state index in [0.717, 1.165) is 0 Å². The molecule has 0 spiro atoms. The molecule has 0 bridgehead atoms.